The van der Waals surface area contributed by atoms with Gasteiger partial charge in [0, 0.05) is 19.6 Å². The molecule has 2 aliphatic heterocycles. The summed E-state index contributed by atoms with van der Waals surface area (Å²) in [6.45, 7) is 6.27. The van der Waals surface area contributed by atoms with Crippen LogP contribution in [0.5, 0.6) is 0 Å². The summed E-state index contributed by atoms with van der Waals surface area (Å²) in [5.74, 6) is 1.02. The maximum atomic E-state index is 3.47. The van der Waals surface area contributed by atoms with Crippen LogP contribution in [0.15, 0.2) is 12.2 Å². The van der Waals surface area contributed by atoms with Crippen LogP contribution in [0.1, 0.15) is 19.3 Å². The van der Waals surface area contributed by atoms with Crippen LogP contribution in [0, 0.1) is 11.3 Å². The first kappa shape index (κ1) is 8.93. The van der Waals surface area contributed by atoms with Gasteiger partial charge in [0.15, 0.2) is 0 Å². The molecular weight excluding hydrogens is 172 g/mol. The summed E-state index contributed by atoms with van der Waals surface area (Å²) in [5.41, 5.74) is 0.772. The number of hydrogen-bond donors (Lipinski definition) is 1. The van der Waals surface area contributed by atoms with E-state index in [0.29, 0.717) is 0 Å². The quantitative estimate of drug-likeness (QED) is 0.662. The molecule has 0 bridgehead atoms. The van der Waals surface area contributed by atoms with Crippen LogP contribution in [0.4, 0.5) is 0 Å². The third-order valence-corrected chi connectivity index (χ3v) is 4.33. The van der Waals surface area contributed by atoms with E-state index in [-0.39, 0.29) is 0 Å². The van der Waals surface area contributed by atoms with E-state index in [1.54, 1.807) is 0 Å². The summed E-state index contributed by atoms with van der Waals surface area (Å²) in [4.78, 5) is 2.58. The number of nitrogens with zero attached hydrogens (tertiary/aromatic N) is 1. The van der Waals surface area contributed by atoms with Crippen molar-refractivity contribution in [1.82, 2.24) is 10.2 Å². The lowest BCUT2D eigenvalue weighted by molar-refractivity contribution is 0.268. The lowest BCUT2D eigenvalue weighted by Crippen LogP contribution is -2.32. The van der Waals surface area contributed by atoms with Crippen LogP contribution in [0.25, 0.3) is 0 Å². The highest BCUT2D eigenvalue weighted by Crippen LogP contribution is 2.58. The molecule has 3 aliphatic rings. The average molecular weight is 192 g/mol. The van der Waals surface area contributed by atoms with E-state index in [2.05, 4.69) is 22.4 Å². The fourth-order valence-corrected chi connectivity index (χ4v) is 3.21. The molecule has 1 saturated carbocycles. The van der Waals surface area contributed by atoms with Crippen LogP contribution >= 0.6 is 0 Å². The zero-order chi connectivity index (χ0) is 9.43. The molecule has 2 heteroatoms. The average Bonchev–Trinajstić information content (AvgIpc) is 2.67. The molecule has 0 radical (unpaired) electrons. The Morgan fingerprint density at radius 2 is 1.93 bits per heavy atom. The van der Waals surface area contributed by atoms with Crippen molar-refractivity contribution in [1.29, 1.82) is 0 Å². The van der Waals surface area contributed by atoms with Gasteiger partial charge in [0.2, 0.25) is 0 Å². The van der Waals surface area contributed by atoms with E-state index in [9.17, 15) is 0 Å². The number of nitrogens with one attached hydrogen (secondary N) is 1. The lowest BCUT2D eigenvalue weighted by atomic mass is 9.92. The van der Waals surface area contributed by atoms with Gasteiger partial charge in [-0.2, -0.15) is 0 Å². The van der Waals surface area contributed by atoms with Gasteiger partial charge in [-0.05, 0) is 43.7 Å². The van der Waals surface area contributed by atoms with Crippen LogP contribution < -0.4 is 5.32 Å². The van der Waals surface area contributed by atoms with Gasteiger partial charge in [-0.25, -0.2) is 0 Å². The molecule has 0 aromatic heterocycles. The zero-order valence-electron chi connectivity index (χ0n) is 8.84. The monoisotopic (exact) mass is 192 g/mol. The molecule has 1 atom stereocenters. The van der Waals surface area contributed by atoms with E-state index in [0.717, 1.165) is 11.3 Å². The molecule has 1 spiro atoms. The highest BCUT2D eigenvalue weighted by Gasteiger charge is 2.53. The van der Waals surface area contributed by atoms with Gasteiger partial charge >= 0.3 is 0 Å². The van der Waals surface area contributed by atoms with E-state index in [1.807, 2.05) is 0 Å². The number of piperidine rings is 1. The van der Waals surface area contributed by atoms with E-state index >= 15 is 0 Å². The maximum Gasteiger partial charge on any atom is 0.0167 e. The Balaban J connectivity index is 1.51. The zero-order valence-corrected chi connectivity index (χ0v) is 8.84. The van der Waals surface area contributed by atoms with Crippen LogP contribution in [-0.2, 0) is 0 Å². The molecule has 2 heterocycles. The predicted octanol–water partition coefficient (Wildman–Crippen LogP) is 1.25. The van der Waals surface area contributed by atoms with Gasteiger partial charge in [-0.1, -0.05) is 12.2 Å². The van der Waals surface area contributed by atoms with Crippen molar-refractivity contribution >= 4 is 0 Å². The molecule has 1 unspecified atom stereocenters. The molecule has 2 fully saturated rings. The van der Waals surface area contributed by atoms with Gasteiger partial charge in [-0.3, -0.25) is 4.90 Å². The highest BCUT2D eigenvalue weighted by molar-refractivity contribution is 5.07. The van der Waals surface area contributed by atoms with Crippen LogP contribution in [0.3, 0.4) is 0 Å². The van der Waals surface area contributed by atoms with Gasteiger partial charge in [-0.15, -0.1) is 0 Å². The summed E-state index contributed by atoms with van der Waals surface area (Å²) in [6.07, 6.45) is 8.97. The summed E-state index contributed by atoms with van der Waals surface area (Å²) in [5, 5.41) is 3.47. The van der Waals surface area contributed by atoms with Crippen LogP contribution in [0.2, 0.25) is 0 Å². The molecule has 1 aliphatic carbocycles. The SMILES string of the molecule is C1=CCN(CC2CC23CCNCC3)C1. The molecule has 0 aromatic rings. The first-order chi connectivity index (χ1) is 6.89. The molecule has 1 N–H and O–H groups in total. The Kier molecular flexibility index (Phi) is 2.14. The van der Waals surface area contributed by atoms with E-state index in [4.69, 9.17) is 0 Å². The topological polar surface area (TPSA) is 15.3 Å². The molecule has 0 aromatic carbocycles. The first-order valence-corrected chi connectivity index (χ1v) is 5.97. The Hall–Kier alpha value is -0.340. The van der Waals surface area contributed by atoms with Crippen molar-refractivity contribution in [2.45, 2.75) is 19.3 Å². The lowest BCUT2D eigenvalue weighted by Gasteiger charge is -2.25. The Morgan fingerprint density at radius 1 is 1.21 bits per heavy atom. The summed E-state index contributed by atoms with van der Waals surface area (Å²) in [6, 6.07) is 0. The minimum absolute atomic E-state index is 0.772. The Labute approximate surface area is 86.4 Å². The maximum absolute atomic E-state index is 3.47. The van der Waals surface area contributed by atoms with Gasteiger partial charge in [0.1, 0.15) is 0 Å². The number of rotatable bonds is 2. The minimum Gasteiger partial charge on any atom is -0.317 e. The van der Waals surface area contributed by atoms with Crippen molar-refractivity contribution < 1.29 is 0 Å². The minimum atomic E-state index is 0.772. The second kappa shape index (κ2) is 3.35. The fourth-order valence-electron chi connectivity index (χ4n) is 3.21. The third-order valence-electron chi connectivity index (χ3n) is 4.33. The molecule has 14 heavy (non-hydrogen) atoms. The molecule has 0 amide bonds. The van der Waals surface area contributed by atoms with Gasteiger partial charge in [0.05, 0.1) is 0 Å². The standard InChI is InChI=1S/C12H20N2/c1-2-8-14(7-1)10-11-9-12(11)3-5-13-6-4-12/h1-2,11,13H,3-10H2. The van der Waals surface area contributed by atoms with Crippen molar-refractivity contribution in [3.63, 3.8) is 0 Å². The normalized spacial score (nSPS) is 35.3. The highest BCUT2D eigenvalue weighted by atomic mass is 15.1. The second-order valence-corrected chi connectivity index (χ2v) is 5.20. The van der Waals surface area contributed by atoms with Gasteiger partial charge in [0.25, 0.3) is 0 Å². The number of hydrogen-bond acceptors (Lipinski definition) is 2. The largest absolute Gasteiger partial charge is 0.317 e. The molecular formula is C12H20N2. The van der Waals surface area contributed by atoms with Gasteiger partial charge < -0.3 is 5.32 Å². The summed E-state index contributed by atoms with van der Waals surface area (Å²) in [7, 11) is 0. The van der Waals surface area contributed by atoms with E-state index < -0.39 is 0 Å². The first-order valence-electron chi connectivity index (χ1n) is 5.97. The Morgan fingerprint density at radius 3 is 2.64 bits per heavy atom. The molecule has 1 saturated heterocycles. The van der Waals surface area contributed by atoms with Crippen molar-refractivity contribution in [2.24, 2.45) is 11.3 Å². The van der Waals surface area contributed by atoms with E-state index in [1.165, 1.54) is 52.0 Å². The van der Waals surface area contributed by atoms with Crippen molar-refractivity contribution in [2.75, 3.05) is 32.7 Å². The van der Waals surface area contributed by atoms with Crippen molar-refractivity contribution in [3.05, 3.63) is 12.2 Å². The third kappa shape index (κ3) is 1.51. The second-order valence-electron chi connectivity index (χ2n) is 5.20. The van der Waals surface area contributed by atoms with Crippen molar-refractivity contribution in [3.8, 4) is 0 Å². The smallest absolute Gasteiger partial charge is 0.0167 e. The molecule has 2 nitrogen and oxygen atoms in total. The fraction of sp³-hybridized carbons (Fsp3) is 0.833. The Bertz CT molecular complexity index is 233. The summed E-state index contributed by atoms with van der Waals surface area (Å²) < 4.78 is 0. The molecule has 3 rings (SSSR count). The van der Waals surface area contributed by atoms with Crippen LogP contribution in [-0.4, -0.2) is 37.6 Å². The summed E-state index contributed by atoms with van der Waals surface area (Å²) >= 11 is 0. The molecule has 78 valence electrons. The predicted molar refractivity (Wildman–Crippen MR) is 58.2 cm³/mol.